The zero-order valence-electron chi connectivity index (χ0n) is 14.5. The van der Waals surface area contributed by atoms with Crippen LogP contribution in [0.25, 0.3) is 0 Å². The molecule has 5 unspecified atom stereocenters. The molecule has 1 rings (SSSR count). The molecule has 1 saturated heterocycles. The molecule has 0 radical (unpaired) electrons. The van der Waals surface area contributed by atoms with E-state index >= 15 is 0 Å². The number of rotatable bonds is 8. The highest BCUT2D eigenvalue weighted by molar-refractivity contribution is 6.71. The number of hydrogen-bond donors (Lipinski definition) is 0. The van der Waals surface area contributed by atoms with Gasteiger partial charge in [-0.3, -0.25) is 0 Å². The van der Waals surface area contributed by atoms with Crippen LogP contribution in [0.4, 0.5) is 0 Å². The molecule has 21 heavy (non-hydrogen) atoms. The zero-order chi connectivity index (χ0) is 16.0. The van der Waals surface area contributed by atoms with Crippen molar-refractivity contribution >= 4 is 8.32 Å². The summed E-state index contributed by atoms with van der Waals surface area (Å²) in [7, 11) is 3.24. The van der Waals surface area contributed by atoms with Gasteiger partial charge in [-0.05, 0) is 26.1 Å². The number of unbranched alkanes of at least 4 members (excludes halogenated alkanes) is 1. The highest BCUT2D eigenvalue weighted by atomic mass is 28.4. The Bertz CT molecular complexity index is 300. The molecule has 0 N–H and O–H groups in total. The highest BCUT2D eigenvalue weighted by Crippen LogP contribution is 2.30. The van der Waals surface area contributed by atoms with Crippen molar-refractivity contribution in [1.82, 2.24) is 0 Å². The summed E-state index contributed by atoms with van der Waals surface area (Å²) < 4.78 is 29.1. The zero-order valence-corrected chi connectivity index (χ0v) is 15.5. The van der Waals surface area contributed by atoms with Gasteiger partial charge >= 0.3 is 0 Å². The molecule has 0 aliphatic carbocycles. The van der Waals surface area contributed by atoms with E-state index in [1.54, 1.807) is 21.3 Å². The van der Waals surface area contributed by atoms with Crippen molar-refractivity contribution in [3.8, 4) is 0 Å². The normalized spacial score (nSPS) is 34.1. The van der Waals surface area contributed by atoms with E-state index in [1.807, 2.05) is 6.92 Å². The summed E-state index contributed by atoms with van der Waals surface area (Å²) in [5, 5.41) is 0. The molecule has 1 aliphatic heterocycles. The molecule has 1 aliphatic rings. The van der Waals surface area contributed by atoms with Gasteiger partial charge in [-0.15, -0.1) is 0 Å². The van der Waals surface area contributed by atoms with E-state index in [-0.39, 0.29) is 30.7 Å². The van der Waals surface area contributed by atoms with E-state index in [0.717, 1.165) is 6.04 Å². The Balaban J connectivity index is 2.80. The van der Waals surface area contributed by atoms with E-state index in [0.29, 0.717) is 0 Å². The Labute approximate surface area is 130 Å². The van der Waals surface area contributed by atoms with Crippen LogP contribution in [0, 0.1) is 0 Å². The smallest absolute Gasteiger partial charge is 0.190 e. The van der Waals surface area contributed by atoms with Crippen molar-refractivity contribution < 1.29 is 23.4 Å². The second kappa shape index (κ2) is 8.60. The van der Waals surface area contributed by atoms with Crippen LogP contribution < -0.4 is 0 Å². The van der Waals surface area contributed by atoms with Crippen LogP contribution in [0.2, 0.25) is 19.1 Å². The van der Waals surface area contributed by atoms with Crippen molar-refractivity contribution in [2.24, 2.45) is 0 Å². The second-order valence-electron chi connectivity index (χ2n) is 6.29. The lowest BCUT2D eigenvalue weighted by atomic mass is 9.99. The van der Waals surface area contributed by atoms with E-state index in [9.17, 15) is 0 Å². The third kappa shape index (κ3) is 5.01. The molecule has 6 heteroatoms. The first kappa shape index (κ1) is 19.1. The van der Waals surface area contributed by atoms with Gasteiger partial charge in [0.1, 0.15) is 18.3 Å². The van der Waals surface area contributed by atoms with Gasteiger partial charge in [0, 0.05) is 21.3 Å². The topological polar surface area (TPSA) is 46.2 Å². The Morgan fingerprint density at radius 1 is 0.952 bits per heavy atom. The fourth-order valence-corrected chi connectivity index (χ4v) is 5.03. The standard InChI is InChI=1S/C15H32O5Si/c1-8-9-10-21(6,7)20-15-14(18-5)13(17-4)12(16-3)11(2)19-15/h11-15H,8-10H2,1-7H3. The van der Waals surface area contributed by atoms with Gasteiger partial charge in [0.05, 0.1) is 6.10 Å². The minimum absolute atomic E-state index is 0.0904. The first-order valence-electron chi connectivity index (χ1n) is 7.81. The van der Waals surface area contributed by atoms with Crippen LogP contribution in [0.1, 0.15) is 26.7 Å². The number of ether oxygens (including phenoxy) is 4. The molecule has 126 valence electrons. The molecule has 1 fully saturated rings. The van der Waals surface area contributed by atoms with Crippen molar-refractivity contribution in [1.29, 1.82) is 0 Å². The fourth-order valence-electron chi connectivity index (χ4n) is 2.89. The van der Waals surface area contributed by atoms with Crippen molar-refractivity contribution in [2.45, 2.75) is 76.5 Å². The van der Waals surface area contributed by atoms with Crippen LogP contribution in [-0.4, -0.2) is 60.4 Å². The Hall–Kier alpha value is 0.0169. The average Bonchev–Trinajstić information content (AvgIpc) is 2.44. The van der Waals surface area contributed by atoms with Gasteiger partial charge in [-0.2, -0.15) is 0 Å². The predicted octanol–water partition coefficient (Wildman–Crippen LogP) is 2.80. The third-order valence-corrected chi connectivity index (χ3v) is 6.54. The van der Waals surface area contributed by atoms with E-state index < -0.39 is 8.32 Å². The largest absolute Gasteiger partial charge is 0.391 e. The van der Waals surface area contributed by atoms with Gasteiger partial charge in [0.2, 0.25) is 0 Å². The summed E-state index contributed by atoms with van der Waals surface area (Å²) >= 11 is 0. The number of methoxy groups -OCH3 is 3. The van der Waals surface area contributed by atoms with E-state index in [2.05, 4.69) is 20.0 Å². The molecule has 0 amide bonds. The quantitative estimate of drug-likeness (QED) is 0.644. The monoisotopic (exact) mass is 320 g/mol. The fraction of sp³-hybridized carbons (Fsp3) is 1.00. The Kier molecular flexibility index (Phi) is 7.81. The lowest BCUT2D eigenvalue weighted by Gasteiger charge is -2.45. The maximum Gasteiger partial charge on any atom is 0.190 e. The molecule has 5 atom stereocenters. The number of hydrogen-bond acceptors (Lipinski definition) is 5. The van der Waals surface area contributed by atoms with Crippen LogP contribution in [0.15, 0.2) is 0 Å². The first-order chi connectivity index (χ1) is 9.90. The van der Waals surface area contributed by atoms with Crippen LogP contribution in [0.5, 0.6) is 0 Å². The summed E-state index contributed by atoms with van der Waals surface area (Å²) in [6.07, 6.45) is 1.27. The van der Waals surface area contributed by atoms with Gasteiger partial charge in [0.25, 0.3) is 0 Å². The third-order valence-electron chi connectivity index (χ3n) is 4.11. The molecule has 0 aromatic carbocycles. The minimum Gasteiger partial charge on any atom is -0.391 e. The van der Waals surface area contributed by atoms with Crippen LogP contribution in [0.3, 0.4) is 0 Å². The van der Waals surface area contributed by atoms with E-state index in [1.165, 1.54) is 12.8 Å². The molecule has 0 aromatic heterocycles. The maximum absolute atomic E-state index is 6.34. The maximum atomic E-state index is 6.34. The first-order valence-corrected chi connectivity index (χ1v) is 10.9. The highest BCUT2D eigenvalue weighted by Gasteiger charge is 2.47. The SMILES string of the molecule is CCCC[Si](C)(C)OC1OC(C)C(OC)C(OC)C1OC. The van der Waals surface area contributed by atoms with Gasteiger partial charge in [-0.25, -0.2) is 0 Å². The Morgan fingerprint density at radius 3 is 2.00 bits per heavy atom. The van der Waals surface area contributed by atoms with Crippen molar-refractivity contribution in [2.75, 3.05) is 21.3 Å². The van der Waals surface area contributed by atoms with Gasteiger partial charge in [-0.1, -0.05) is 19.8 Å². The predicted molar refractivity (Wildman–Crippen MR) is 85.0 cm³/mol. The summed E-state index contributed by atoms with van der Waals surface area (Å²) in [6.45, 7) is 8.65. The summed E-state index contributed by atoms with van der Waals surface area (Å²) in [6, 6.07) is 1.12. The van der Waals surface area contributed by atoms with Gasteiger partial charge < -0.3 is 23.4 Å². The molecular formula is C15H32O5Si. The minimum atomic E-state index is -1.78. The summed E-state index contributed by atoms with van der Waals surface area (Å²) in [5.41, 5.74) is 0. The van der Waals surface area contributed by atoms with Gasteiger partial charge in [0.15, 0.2) is 14.6 Å². The Morgan fingerprint density at radius 2 is 1.52 bits per heavy atom. The lowest BCUT2D eigenvalue weighted by molar-refractivity contribution is -0.285. The molecule has 0 bridgehead atoms. The summed E-state index contributed by atoms with van der Waals surface area (Å²) in [4.78, 5) is 0. The molecule has 0 spiro atoms. The van der Waals surface area contributed by atoms with Crippen LogP contribution in [-0.2, 0) is 23.4 Å². The van der Waals surface area contributed by atoms with E-state index in [4.69, 9.17) is 23.4 Å². The molecule has 0 saturated carbocycles. The lowest BCUT2D eigenvalue weighted by Crippen LogP contribution is -2.61. The van der Waals surface area contributed by atoms with Crippen molar-refractivity contribution in [3.05, 3.63) is 0 Å². The molecule has 5 nitrogen and oxygen atoms in total. The second-order valence-corrected chi connectivity index (χ2v) is 10.5. The summed E-state index contributed by atoms with van der Waals surface area (Å²) in [5.74, 6) is 0. The molecule has 1 heterocycles. The molecule has 0 aromatic rings. The average molecular weight is 321 g/mol. The van der Waals surface area contributed by atoms with Crippen LogP contribution >= 0.6 is 0 Å². The van der Waals surface area contributed by atoms with Crippen molar-refractivity contribution in [3.63, 3.8) is 0 Å². The molecular weight excluding hydrogens is 288 g/mol.